The number of amides is 2. The van der Waals surface area contributed by atoms with Crippen LogP contribution in [-0.4, -0.2) is 51.9 Å². The average Bonchev–Trinajstić information content (AvgIpc) is 3.47. The Labute approximate surface area is 220 Å². The Morgan fingerprint density at radius 2 is 1.97 bits per heavy atom. The zero-order chi connectivity index (χ0) is 25.8. The van der Waals surface area contributed by atoms with Crippen LogP contribution in [0, 0.1) is 6.92 Å². The highest BCUT2D eigenvalue weighted by Crippen LogP contribution is 2.34. The molecule has 4 rings (SSSR count). The summed E-state index contributed by atoms with van der Waals surface area (Å²) in [6, 6.07) is 6.19. The number of hydrogen-bond donors (Lipinski definition) is 3. The molecule has 0 aliphatic carbocycles. The molecule has 0 spiro atoms. The van der Waals surface area contributed by atoms with E-state index in [0.717, 1.165) is 66.3 Å². The average molecular weight is 527 g/mol. The molecule has 10 heteroatoms. The summed E-state index contributed by atoms with van der Waals surface area (Å²) in [7, 11) is 0. The fourth-order valence-electron chi connectivity index (χ4n) is 4.42. The van der Waals surface area contributed by atoms with Crippen LogP contribution in [0.4, 0.5) is 10.8 Å². The van der Waals surface area contributed by atoms with Gasteiger partial charge in [-0.1, -0.05) is 19.4 Å². The summed E-state index contributed by atoms with van der Waals surface area (Å²) in [6.45, 7) is 10.4. The fourth-order valence-corrected chi connectivity index (χ4v) is 6.14. The van der Waals surface area contributed by atoms with Crippen molar-refractivity contribution in [1.82, 2.24) is 20.2 Å². The molecule has 0 atom stereocenters. The number of aromatic nitrogens is 2. The lowest BCUT2D eigenvalue weighted by molar-refractivity contribution is 0.0899. The molecule has 2 amide bonds. The fraction of sp³-hybridized carbons (Fsp3) is 0.462. The number of primary amides is 1. The quantitative estimate of drug-likeness (QED) is 0.363. The first-order valence-corrected chi connectivity index (χ1v) is 14.1. The van der Waals surface area contributed by atoms with Crippen molar-refractivity contribution in [2.75, 3.05) is 18.4 Å². The van der Waals surface area contributed by atoms with Crippen LogP contribution >= 0.6 is 22.7 Å². The maximum Gasteiger partial charge on any atom is 0.280 e. The van der Waals surface area contributed by atoms with Crippen LogP contribution in [0.2, 0.25) is 0 Å². The molecule has 1 saturated heterocycles. The van der Waals surface area contributed by atoms with E-state index < -0.39 is 5.91 Å². The van der Waals surface area contributed by atoms with Gasteiger partial charge in [0.15, 0.2) is 10.1 Å². The van der Waals surface area contributed by atoms with Gasteiger partial charge in [-0.3, -0.25) is 9.59 Å². The van der Waals surface area contributed by atoms with Gasteiger partial charge < -0.3 is 21.3 Å². The van der Waals surface area contributed by atoms with E-state index in [0.29, 0.717) is 21.7 Å². The molecule has 0 radical (unpaired) electrons. The molecular weight excluding hydrogens is 492 g/mol. The van der Waals surface area contributed by atoms with Gasteiger partial charge in [0.25, 0.3) is 5.91 Å². The Morgan fingerprint density at radius 3 is 2.64 bits per heavy atom. The molecule has 0 saturated carbocycles. The third kappa shape index (κ3) is 6.11. The van der Waals surface area contributed by atoms with E-state index >= 15 is 0 Å². The van der Waals surface area contributed by atoms with Gasteiger partial charge in [-0.2, -0.15) is 0 Å². The van der Waals surface area contributed by atoms with E-state index in [1.807, 2.05) is 18.4 Å². The maximum atomic E-state index is 12.9. The molecule has 3 aromatic rings. The second-order valence-corrected chi connectivity index (χ2v) is 11.3. The molecule has 1 fully saturated rings. The van der Waals surface area contributed by atoms with Crippen LogP contribution in [0.15, 0.2) is 23.6 Å². The molecule has 192 valence electrons. The van der Waals surface area contributed by atoms with Gasteiger partial charge in [0.1, 0.15) is 0 Å². The van der Waals surface area contributed by atoms with Gasteiger partial charge in [-0.05, 0) is 57.7 Å². The molecule has 0 unspecified atom stereocenters. The third-order valence-electron chi connectivity index (χ3n) is 6.48. The summed E-state index contributed by atoms with van der Waals surface area (Å²) < 4.78 is 0. The topological polar surface area (TPSA) is 113 Å². The Kier molecular flexibility index (Phi) is 8.38. The number of hydrogen-bond acceptors (Lipinski definition) is 8. The largest absolute Gasteiger partial charge is 0.366 e. The zero-order valence-electron chi connectivity index (χ0n) is 21.3. The lowest BCUT2D eigenvalue weighted by Gasteiger charge is -2.34. The number of anilines is 2. The minimum absolute atomic E-state index is 0.113. The minimum Gasteiger partial charge on any atom is -0.366 e. The highest BCUT2D eigenvalue weighted by molar-refractivity contribution is 7.18. The Morgan fingerprint density at radius 1 is 1.22 bits per heavy atom. The summed E-state index contributed by atoms with van der Waals surface area (Å²) in [5.74, 6) is -0.573. The second kappa shape index (κ2) is 11.5. The number of nitrogens with zero attached hydrogens (tertiary/aromatic N) is 3. The van der Waals surface area contributed by atoms with E-state index in [1.54, 1.807) is 12.1 Å². The normalized spacial score (nSPS) is 14.8. The van der Waals surface area contributed by atoms with Crippen molar-refractivity contribution in [1.29, 1.82) is 0 Å². The molecule has 4 N–H and O–H groups in total. The maximum absolute atomic E-state index is 12.9. The van der Waals surface area contributed by atoms with Crippen LogP contribution in [0.25, 0.3) is 10.6 Å². The van der Waals surface area contributed by atoms with Gasteiger partial charge in [0.2, 0.25) is 5.91 Å². The van der Waals surface area contributed by atoms with Crippen LogP contribution in [0.3, 0.4) is 0 Å². The Balaban J connectivity index is 1.46. The number of nitrogens with one attached hydrogen (secondary N) is 2. The van der Waals surface area contributed by atoms with Gasteiger partial charge in [-0.15, -0.1) is 22.7 Å². The van der Waals surface area contributed by atoms with E-state index in [9.17, 15) is 9.59 Å². The number of rotatable bonds is 9. The van der Waals surface area contributed by atoms with Crippen LogP contribution in [0.1, 0.15) is 71.5 Å². The molecule has 1 aliphatic heterocycles. The highest BCUT2D eigenvalue weighted by Gasteiger charge is 2.24. The van der Waals surface area contributed by atoms with Crippen LogP contribution in [0.5, 0.6) is 0 Å². The number of carbonyl (C=O) groups excluding carboxylic acids is 2. The van der Waals surface area contributed by atoms with Gasteiger partial charge in [-0.25, -0.2) is 9.97 Å². The van der Waals surface area contributed by atoms with Gasteiger partial charge in [0.05, 0.1) is 16.3 Å². The SMILES string of the molecule is CCCc1ccc(C(N)=O)cc1Nc1nc(-c2sc(C(=O)NC3CCN(C(C)C)CC3)nc2C)cs1. The van der Waals surface area contributed by atoms with Crippen molar-refractivity contribution >= 4 is 45.3 Å². The van der Waals surface area contributed by atoms with E-state index in [1.165, 1.54) is 22.7 Å². The third-order valence-corrected chi connectivity index (χ3v) is 8.41. The lowest BCUT2D eigenvalue weighted by atomic mass is 10.0. The van der Waals surface area contributed by atoms with Crippen molar-refractivity contribution in [3.8, 4) is 10.6 Å². The number of nitrogens with two attached hydrogens (primary N) is 1. The lowest BCUT2D eigenvalue weighted by Crippen LogP contribution is -2.46. The summed E-state index contributed by atoms with van der Waals surface area (Å²) in [4.78, 5) is 37.2. The Bertz CT molecular complexity index is 1230. The van der Waals surface area contributed by atoms with Gasteiger partial charge in [0, 0.05) is 41.8 Å². The summed E-state index contributed by atoms with van der Waals surface area (Å²) in [5, 5.41) is 9.67. The highest BCUT2D eigenvalue weighted by atomic mass is 32.1. The number of benzene rings is 1. The molecular formula is C26H34N6O2S2. The van der Waals surface area contributed by atoms with Crippen molar-refractivity contribution in [3.05, 3.63) is 45.4 Å². The van der Waals surface area contributed by atoms with E-state index in [2.05, 4.69) is 41.3 Å². The number of thiazole rings is 2. The Hall–Kier alpha value is -2.82. The van der Waals surface area contributed by atoms with E-state index in [-0.39, 0.29) is 11.9 Å². The number of likely N-dealkylation sites (tertiary alicyclic amines) is 1. The predicted octanol–water partition coefficient (Wildman–Crippen LogP) is 4.97. The molecule has 8 nitrogen and oxygen atoms in total. The van der Waals surface area contributed by atoms with Crippen molar-refractivity contribution in [2.24, 2.45) is 5.73 Å². The van der Waals surface area contributed by atoms with Crippen molar-refractivity contribution in [2.45, 2.75) is 65.5 Å². The van der Waals surface area contributed by atoms with Crippen LogP contribution < -0.4 is 16.4 Å². The first-order chi connectivity index (χ1) is 17.2. The molecule has 36 heavy (non-hydrogen) atoms. The number of aryl methyl sites for hydroxylation is 2. The smallest absolute Gasteiger partial charge is 0.280 e. The van der Waals surface area contributed by atoms with Crippen molar-refractivity contribution in [3.63, 3.8) is 0 Å². The zero-order valence-corrected chi connectivity index (χ0v) is 22.9. The monoisotopic (exact) mass is 526 g/mol. The predicted molar refractivity (Wildman–Crippen MR) is 147 cm³/mol. The first-order valence-electron chi connectivity index (χ1n) is 12.4. The standard InChI is InChI=1S/C26H34N6O2S2/c1-5-6-17-7-8-18(23(27)33)13-20(17)30-26-31-21(14-35-26)22-16(4)28-25(36-22)24(34)29-19-9-11-32(12-10-19)15(2)3/h7-8,13-15,19H,5-6,9-12H2,1-4H3,(H2,27,33)(H,29,34)(H,30,31). The van der Waals surface area contributed by atoms with E-state index in [4.69, 9.17) is 10.7 Å². The minimum atomic E-state index is -0.461. The molecule has 0 bridgehead atoms. The molecule has 1 aromatic carbocycles. The summed E-state index contributed by atoms with van der Waals surface area (Å²) in [6.07, 6.45) is 3.77. The number of carbonyl (C=O) groups is 2. The molecule has 2 aromatic heterocycles. The number of piperidine rings is 1. The van der Waals surface area contributed by atoms with Crippen LogP contribution in [-0.2, 0) is 6.42 Å². The second-order valence-electron chi connectivity index (χ2n) is 9.46. The molecule has 1 aliphatic rings. The van der Waals surface area contributed by atoms with Crippen molar-refractivity contribution < 1.29 is 9.59 Å². The molecule has 3 heterocycles. The summed E-state index contributed by atoms with van der Waals surface area (Å²) >= 11 is 2.85. The first kappa shape index (κ1) is 26.2. The summed E-state index contributed by atoms with van der Waals surface area (Å²) in [5.41, 5.74) is 9.45. The van der Waals surface area contributed by atoms with Gasteiger partial charge >= 0.3 is 0 Å².